The van der Waals surface area contributed by atoms with Crippen molar-refractivity contribution in [1.29, 1.82) is 0 Å². The van der Waals surface area contributed by atoms with Gasteiger partial charge in [0.1, 0.15) is 18.0 Å². The van der Waals surface area contributed by atoms with Crippen molar-refractivity contribution in [2.24, 2.45) is 7.05 Å². The highest BCUT2D eigenvalue weighted by Crippen LogP contribution is 2.13. The molecule has 0 aromatic carbocycles. The van der Waals surface area contributed by atoms with E-state index in [-0.39, 0.29) is 0 Å². The van der Waals surface area contributed by atoms with Gasteiger partial charge >= 0.3 is 0 Å². The van der Waals surface area contributed by atoms with Crippen LogP contribution in [0.15, 0.2) is 12.4 Å². The summed E-state index contributed by atoms with van der Waals surface area (Å²) in [7, 11) is 1.90. The molecule has 0 aliphatic heterocycles. The number of nitrogens with one attached hydrogen (secondary N) is 1. The lowest BCUT2D eigenvalue weighted by atomic mass is 10.5. The fourth-order valence-electron chi connectivity index (χ4n) is 1.49. The number of hydrogen-bond donors (Lipinski definition) is 1. The molecule has 7 heteroatoms. The second-order valence-corrected chi connectivity index (χ2v) is 3.78. The zero-order valence-electron chi connectivity index (χ0n) is 10.7. The Hall–Kier alpha value is -2.18. The van der Waals surface area contributed by atoms with Crippen molar-refractivity contribution < 1.29 is 4.74 Å². The van der Waals surface area contributed by atoms with Crippen LogP contribution in [0.3, 0.4) is 0 Å². The van der Waals surface area contributed by atoms with Crippen molar-refractivity contribution in [3.8, 4) is 5.88 Å². The van der Waals surface area contributed by atoms with E-state index in [1.807, 2.05) is 25.5 Å². The topological polar surface area (TPSA) is 77.8 Å². The molecule has 0 aliphatic carbocycles. The lowest BCUT2D eigenvalue weighted by molar-refractivity contribution is 0.325. The van der Waals surface area contributed by atoms with Gasteiger partial charge < -0.3 is 14.6 Å². The van der Waals surface area contributed by atoms with Gasteiger partial charge in [0.05, 0.1) is 13.2 Å². The molecule has 0 aliphatic rings. The highest BCUT2D eigenvalue weighted by molar-refractivity contribution is 5.38. The highest BCUT2D eigenvalue weighted by Gasteiger charge is 2.04. The fraction of sp³-hybridized carbons (Fsp3) is 0.455. The molecule has 2 rings (SSSR count). The second-order valence-electron chi connectivity index (χ2n) is 3.78. The third-order valence-electron chi connectivity index (χ3n) is 2.34. The van der Waals surface area contributed by atoms with Crippen LogP contribution < -0.4 is 10.1 Å². The van der Waals surface area contributed by atoms with Gasteiger partial charge in [-0.15, -0.1) is 10.2 Å². The molecule has 1 N–H and O–H groups in total. The van der Waals surface area contributed by atoms with Crippen LogP contribution in [-0.2, 0) is 13.6 Å². The first kappa shape index (κ1) is 12.3. The van der Waals surface area contributed by atoms with Gasteiger partial charge in [-0.3, -0.25) is 0 Å². The van der Waals surface area contributed by atoms with Crippen LogP contribution in [0, 0.1) is 6.92 Å². The zero-order chi connectivity index (χ0) is 13.0. The third kappa shape index (κ3) is 2.93. The Morgan fingerprint density at radius 1 is 1.39 bits per heavy atom. The average Bonchev–Trinajstić information content (AvgIpc) is 2.72. The maximum Gasteiger partial charge on any atom is 0.218 e. The molecule has 0 spiro atoms. The Kier molecular flexibility index (Phi) is 3.71. The van der Waals surface area contributed by atoms with Gasteiger partial charge in [0.25, 0.3) is 0 Å². The van der Waals surface area contributed by atoms with Crippen LogP contribution in [0.2, 0.25) is 0 Å². The van der Waals surface area contributed by atoms with E-state index in [4.69, 9.17) is 4.74 Å². The van der Waals surface area contributed by atoms with Gasteiger partial charge in [-0.2, -0.15) is 4.98 Å². The van der Waals surface area contributed by atoms with Crippen LogP contribution in [-0.4, -0.2) is 31.3 Å². The standard InChI is InChI=1S/C11H16N6O/c1-4-18-11-5-9(14-8(2)15-11)12-6-10-16-13-7-17(10)3/h5,7H,4,6H2,1-3H3,(H,12,14,15). The van der Waals surface area contributed by atoms with Crippen LogP contribution in [0.1, 0.15) is 18.6 Å². The third-order valence-corrected chi connectivity index (χ3v) is 2.34. The van der Waals surface area contributed by atoms with Crippen molar-refractivity contribution in [3.05, 3.63) is 24.0 Å². The van der Waals surface area contributed by atoms with E-state index in [1.165, 1.54) is 0 Å². The monoisotopic (exact) mass is 248 g/mol. The van der Waals surface area contributed by atoms with Gasteiger partial charge in [-0.1, -0.05) is 0 Å². The van der Waals surface area contributed by atoms with Gasteiger partial charge in [-0.25, -0.2) is 4.98 Å². The molecular formula is C11H16N6O. The zero-order valence-corrected chi connectivity index (χ0v) is 10.7. The first-order chi connectivity index (χ1) is 8.69. The molecule has 0 bridgehead atoms. The molecule has 2 aromatic heterocycles. The van der Waals surface area contributed by atoms with Gasteiger partial charge in [0.2, 0.25) is 5.88 Å². The SMILES string of the molecule is CCOc1cc(NCc2nncn2C)nc(C)n1. The van der Waals surface area contributed by atoms with Crippen molar-refractivity contribution in [1.82, 2.24) is 24.7 Å². The molecule has 0 fully saturated rings. The Balaban J connectivity index is 2.07. The van der Waals surface area contributed by atoms with Gasteiger partial charge in [-0.05, 0) is 13.8 Å². The van der Waals surface area contributed by atoms with Gasteiger partial charge in [0.15, 0.2) is 5.82 Å². The lowest BCUT2D eigenvalue weighted by Gasteiger charge is -2.08. The first-order valence-electron chi connectivity index (χ1n) is 5.74. The summed E-state index contributed by atoms with van der Waals surface area (Å²) in [6.07, 6.45) is 1.66. The van der Waals surface area contributed by atoms with Crippen LogP contribution in [0.4, 0.5) is 5.82 Å². The smallest absolute Gasteiger partial charge is 0.218 e. The molecule has 2 heterocycles. The summed E-state index contributed by atoms with van der Waals surface area (Å²) < 4.78 is 7.22. The van der Waals surface area contributed by atoms with E-state index in [0.717, 1.165) is 5.82 Å². The maximum absolute atomic E-state index is 5.36. The molecule has 96 valence electrons. The molecule has 7 nitrogen and oxygen atoms in total. The molecule has 2 aromatic rings. The molecule has 0 saturated heterocycles. The molecule has 0 unspecified atom stereocenters. The number of aryl methyl sites for hydroxylation is 2. The van der Waals surface area contributed by atoms with E-state index in [9.17, 15) is 0 Å². The number of hydrogen-bond acceptors (Lipinski definition) is 6. The predicted molar refractivity (Wildman–Crippen MR) is 66.3 cm³/mol. The fourth-order valence-corrected chi connectivity index (χ4v) is 1.49. The maximum atomic E-state index is 5.36. The van der Waals surface area contributed by atoms with Crippen LogP contribution in [0.25, 0.3) is 0 Å². The largest absolute Gasteiger partial charge is 0.478 e. The van der Waals surface area contributed by atoms with Crippen LogP contribution >= 0.6 is 0 Å². The molecule has 0 atom stereocenters. The predicted octanol–water partition coefficient (Wildman–Crippen LogP) is 0.924. The summed E-state index contributed by atoms with van der Waals surface area (Å²) >= 11 is 0. The van der Waals surface area contributed by atoms with Crippen molar-refractivity contribution in [2.45, 2.75) is 20.4 Å². The minimum absolute atomic E-state index is 0.554. The Morgan fingerprint density at radius 2 is 2.22 bits per heavy atom. The number of anilines is 1. The Morgan fingerprint density at radius 3 is 2.89 bits per heavy atom. The number of aromatic nitrogens is 5. The second kappa shape index (κ2) is 5.44. The van der Waals surface area contributed by atoms with Crippen molar-refractivity contribution in [3.63, 3.8) is 0 Å². The summed E-state index contributed by atoms with van der Waals surface area (Å²) in [6, 6.07) is 1.77. The van der Waals surface area contributed by atoms with E-state index < -0.39 is 0 Å². The molecule has 0 radical (unpaired) electrons. The molecule has 0 amide bonds. The highest BCUT2D eigenvalue weighted by atomic mass is 16.5. The minimum atomic E-state index is 0.554. The van der Waals surface area contributed by atoms with E-state index in [0.29, 0.717) is 30.7 Å². The lowest BCUT2D eigenvalue weighted by Crippen LogP contribution is -2.08. The quantitative estimate of drug-likeness (QED) is 0.848. The normalized spacial score (nSPS) is 10.4. The van der Waals surface area contributed by atoms with E-state index in [1.54, 1.807) is 12.4 Å². The summed E-state index contributed by atoms with van der Waals surface area (Å²) in [4.78, 5) is 8.47. The Bertz CT molecular complexity index is 524. The van der Waals surface area contributed by atoms with Gasteiger partial charge in [0, 0.05) is 13.1 Å². The van der Waals surface area contributed by atoms with Crippen LogP contribution in [0.5, 0.6) is 5.88 Å². The summed E-state index contributed by atoms with van der Waals surface area (Å²) in [5.74, 6) is 2.80. The first-order valence-corrected chi connectivity index (χ1v) is 5.74. The summed E-state index contributed by atoms with van der Waals surface area (Å²) in [5.41, 5.74) is 0. The Labute approximate surface area is 105 Å². The summed E-state index contributed by atoms with van der Waals surface area (Å²) in [6.45, 7) is 4.89. The molecule has 18 heavy (non-hydrogen) atoms. The summed E-state index contributed by atoms with van der Waals surface area (Å²) in [5, 5.41) is 11.0. The van der Waals surface area contributed by atoms with Crippen molar-refractivity contribution >= 4 is 5.82 Å². The molecule has 0 saturated carbocycles. The number of rotatable bonds is 5. The number of nitrogens with zero attached hydrogens (tertiary/aromatic N) is 5. The van der Waals surface area contributed by atoms with E-state index >= 15 is 0 Å². The number of ether oxygens (including phenoxy) is 1. The minimum Gasteiger partial charge on any atom is -0.478 e. The average molecular weight is 248 g/mol. The van der Waals surface area contributed by atoms with E-state index in [2.05, 4.69) is 25.5 Å². The molecular weight excluding hydrogens is 232 g/mol. The van der Waals surface area contributed by atoms with Crippen molar-refractivity contribution in [2.75, 3.05) is 11.9 Å².